The molecule has 1 unspecified atom stereocenters. The molecule has 2 aromatic carbocycles. The molecule has 148 valence electrons. The second-order valence-electron chi connectivity index (χ2n) is 6.28. The van der Waals surface area contributed by atoms with Gasteiger partial charge in [-0.15, -0.1) is 0 Å². The van der Waals surface area contributed by atoms with E-state index in [9.17, 15) is 22.8 Å². The van der Waals surface area contributed by atoms with Gasteiger partial charge in [0, 0.05) is 16.1 Å². The molecule has 0 saturated carbocycles. The third-order valence-electron chi connectivity index (χ3n) is 4.20. The number of benzene rings is 2. The van der Waals surface area contributed by atoms with Crippen molar-refractivity contribution in [2.24, 2.45) is 10.9 Å². The third kappa shape index (κ3) is 4.49. The molecule has 29 heavy (non-hydrogen) atoms. The molecule has 0 aromatic heterocycles. The summed E-state index contributed by atoms with van der Waals surface area (Å²) in [5, 5.41) is 2.27. The Morgan fingerprint density at radius 2 is 1.93 bits per heavy atom. The van der Waals surface area contributed by atoms with Gasteiger partial charge in [-0.1, -0.05) is 41.6 Å². The summed E-state index contributed by atoms with van der Waals surface area (Å²) < 4.78 is 40.3. The van der Waals surface area contributed by atoms with Crippen molar-refractivity contribution in [1.82, 2.24) is 0 Å². The fourth-order valence-corrected chi connectivity index (χ4v) is 3.15. The number of hydrogen-bond acceptors (Lipinski definition) is 3. The average molecular weight is 419 g/mol. The highest BCUT2D eigenvalue weighted by Crippen LogP contribution is 2.41. The van der Waals surface area contributed by atoms with E-state index in [1.807, 2.05) is 18.2 Å². The number of nitrogens with zero attached hydrogens (tertiary/aromatic N) is 1. The van der Waals surface area contributed by atoms with Crippen LogP contribution in [-0.2, 0) is 11.0 Å². The normalized spacial score (nSPS) is 17.2. The van der Waals surface area contributed by atoms with E-state index < -0.39 is 34.9 Å². The Morgan fingerprint density at radius 1 is 1.24 bits per heavy atom. The number of carbonyl (C=O) groups is 2. The van der Waals surface area contributed by atoms with Gasteiger partial charge in [-0.25, -0.2) is 0 Å². The number of nitrogens with one attached hydrogen (secondary N) is 1. The van der Waals surface area contributed by atoms with Gasteiger partial charge in [0.05, 0.1) is 11.3 Å². The summed E-state index contributed by atoms with van der Waals surface area (Å²) in [5.74, 6) is 2.78. The number of anilines is 1. The molecule has 4 nitrogen and oxygen atoms in total. The molecule has 0 radical (unpaired) electrons. The van der Waals surface area contributed by atoms with E-state index in [0.29, 0.717) is 0 Å². The van der Waals surface area contributed by atoms with Gasteiger partial charge in [-0.05, 0) is 31.2 Å². The van der Waals surface area contributed by atoms with Crippen LogP contribution in [0.15, 0.2) is 47.5 Å². The van der Waals surface area contributed by atoms with Crippen molar-refractivity contribution in [3.8, 4) is 11.8 Å². The maximum atomic E-state index is 13.4. The quantitative estimate of drug-likeness (QED) is 0.571. The van der Waals surface area contributed by atoms with Crippen LogP contribution in [0, 0.1) is 17.8 Å². The number of rotatable bonds is 2. The molecule has 8 heteroatoms. The Morgan fingerprint density at radius 3 is 2.55 bits per heavy atom. The zero-order valence-electron chi connectivity index (χ0n) is 15.1. The molecular formula is C21H14ClF3N2O2. The molecule has 2 aromatic rings. The van der Waals surface area contributed by atoms with Gasteiger partial charge >= 0.3 is 6.18 Å². The van der Waals surface area contributed by atoms with Crippen LogP contribution in [0.5, 0.6) is 0 Å². The highest BCUT2D eigenvalue weighted by molar-refractivity contribution is 6.35. The minimum absolute atomic E-state index is 0.0986. The summed E-state index contributed by atoms with van der Waals surface area (Å²) in [7, 11) is 0. The Kier molecular flexibility index (Phi) is 5.76. The van der Waals surface area contributed by atoms with Gasteiger partial charge < -0.3 is 5.32 Å². The van der Waals surface area contributed by atoms with Gasteiger partial charge in [0.1, 0.15) is 24.1 Å². The lowest BCUT2D eigenvalue weighted by Crippen LogP contribution is -2.40. The van der Waals surface area contributed by atoms with E-state index in [2.05, 4.69) is 22.2 Å². The van der Waals surface area contributed by atoms with E-state index >= 15 is 0 Å². The maximum Gasteiger partial charge on any atom is 0.418 e. The first kappa shape index (κ1) is 20.6. The number of amidine groups is 1. The van der Waals surface area contributed by atoms with Crippen molar-refractivity contribution in [1.29, 1.82) is 0 Å². The van der Waals surface area contributed by atoms with Crippen LogP contribution in [0.25, 0.3) is 0 Å². The van der Waals surface area contributed by atoms with Crippen molar-refractivity contribution in [3.05, 3.63) is 64.2 Å². The van der Waals surface area contributed by atoms with E-state index in [0.717, 1.165) is 17.7 Å². The summed E-state index contributed by atoms with van der Waals surface area (Å²) in [6.07, 6.45) is -4.75. The van der Waals surface area contributed by atoms with Crippen LogP contribution < -0.4 is 5.32 Å². The summed E-state index contributed by atoms with van der Waals surface area (Å²) in [6, 6.07) is 10.9. The number of alkyl halides is 3. The number of aliphatic imine (C=N–C) groups is 1. The standard InChI is InChI=1S/C21H14ClF3N2O2/c1-12(28)17-19(29)15-10-14(22)11-16(21(23,24)25)18(15)27-20(17)26-9-5-8-13-6-3-2-4-7-13/h2-4,6-7,10-11,17H,9H2,1H3,(H,26,27). The molecular weight excluding hydrogens is 405 g/mol. The highest BCUT2D eigenvalue weighted by Gasteiger charge is 2.42. The Balaban J connectivity index is 2.00. The minimum atomic E-state index is -4.75. The van der Waals surface area contributed by atoms with Crippen LogP contribution in [-0.4, -0.2) is 23.9 Å². The van der Waals surface area contributed by atoms with Crippen LogP contribution >= 0.6 is 11.6 Å². The van der Waals surface area contributed by atoms with Crippen molar-refractivity contribution in [2.75, 3.05) is 11.9 Å². The second kappa shape index (κ2) is 8.10. The molecule has 1 heterocycles. The lowest BCUT2D eigenvalue weighted by molar-refractivity contribution is -0.136. The molecule has 0 fully saturated rings. The Labute approximate surface area is 169 Å². The van der Waals surface area contributed by atoms with Crippen LogP contribution in [0.2, 0.25) is 5.02 Å². The summed E-state index contributed by atoms with van der Waals surface area (Å²) >= 11 is 5.76. The molecule has 0 spiro atoms. The van der Waals surface area contributed by atoms with E-state index in [-0.39, 0.29) is 23.0 Å². The lowest BCUT2D eigenvalue weighted by Gasteiger charge is -2.27. The molecule has 1 atom stereocenters. The van der Waals surface area contributed by atoms with E-state index in [4.69, 9.17) is 11.6 Å². The molecule has 0 amide bonds. The summed E-state index contributed by atoms with van der Waals surface area (Å²) in [5.41, 5.74) is -1.11. The van der Waals surface area contributed by atoms with Gasteiger partial charge in [0.15, 0.2) is 5.78 Å². The fourth-order valence-electron chi connectivity index (χ4n) is 2.94. The van der Waals surface area contributed by atoms with Crippen molar-refractivity contribution in [2.45, 2.75) is 13.1 Å². The maximum absolute atomic E-state index is 13.4. The second-order valence-corrected chi connectivity index (χ2v) is 6.71. The van der Waals surface area contributed by atoms with Crippen molar-refractivity contribution >= 4 is 34.7 Å². The molecule has 1 N–H and O–H groups in total. The summed E-state index contributed by atoms with van der Waals surface area (Å²) in [6.45, 7) is 1.08. The van der Waals surface area contributed by atoms with Gasteiger partial charge in [0.2, 0.25) is 0 Å². The molecule has 0 bridgehead atoms. The zero-order chi connectivity index (χ0) is 21.2. The van der Waals surface area contributed by atoms with Crippen molar-refractivity contribution < 1.29 is 22.8 Å². The molecule has 0 aliphatic carbocycles. The fraction of sp³-hybridized carbons (Fsp3) is 0.190. The van der Waals surface area contributed by atoms with Crippen LogP contribution in [0.3, 0.4) is 0 Å². The molecule has 0 saturated heterocycles. The van der Waals surface area contributed by atoms with Crippen LogP contribution in [0.1, 0.15) is 28.4 Å². The monoisotopic (exact) mass is 418 g/mol. The highest BCUT2D eigenvalue weighted by atomic mass is 35.5. The van der Waals surface area contributed by atoms with Crippen LogP contribution in [0.4, 0.5) is 18.9 Å². The molecule has 3 rings (SSSR count). The largest absolute Gasteiger partial charge is 0.418 e. The SMILES string of the molecule is CC(=O)C1C(=O)c2cc(Cl)cc(C(F)(F)F)c2NC1=NCC#Cc1ccccc1. The van der Waals surface area contributed by atoms with Gasteiger partial charge in [-0.2, -0.15) is 13.2 Å². The average Bonchev–Trinajstić information content (AvgIpc) is 2.65. The number of ketones is 2. The molecule has 1 aliphatic rings. The van der Waals surface area contributed by atoms with Gasteiger partial charge in [0.25, 0.3) is 0 Å². The lowest BCUT2D eigenvalue weighted by atomic mass is 9.87. The topological polar surface area (TPSA) is 58.5 Å². The zero-order valence-corrected chi connectivity index (χ0v) is 15.9. The smallest absolute Gasteiger partial charge is 0.342 e. The number of fused-ring (bicyclic) bond motifs is 1. The predicted octanol–water partition coefficient (Wildman–Crippen LogP) is 4.62. The Bertz CT molecular complexity index is 1070. The first-order valence-electron chi connectivity index (χ1n) is 8.49. The number of hydrogen-bond donors (Lipinski definition) is 1. The third-order valence-corrected chi connectivity index (χ3v) is 4.42. The summed E-state index contributed by atoms with van der Waals surface area (Å²) in [4.78, 5) is 28.9. The number of halogens is 4. The van der Waals surface area contributed by atoms with E-state index in [1.54, 1.807) is 12.1 Å². The Hall–Kier alpha value is -3.11. The predicted molar refractivity (Wildman–Crippen MR) is 104 cm³/mol. The van der Waals surface area contributed by atoms with E-state index in [1.165, 1.54) is 6.92 Å². The van der Waals surface area contributed by atoms with Crippen molar-refractivity contribution in [3.63, 3.8) is 0 Å². The first-order chi connectivity index (χ1) is 13.7. The minimum Gasteiger partial charge on any atom is -0.342 e. The van der Waals surface area contributed by atoms with Gasteiger partial charge in [-0.3, -0.25) is 14.6 Å². The number of carbonyl (C=O) groups excluding carboxylic acids is 2. The number of Topliss-reactive ketones (excluding diaryl/α,β-unsaturated/α-hetero) is 2. The molecule has 1 aliphatic heterocycles. The first-order valence-corrected chi connectivity index (χ1v) is 8.87.